The first kappa shape index (κ1) is 12.1. The van der Waals surface area contributed by atoms with Crippen molar-refractivity contribution in [1.82, 2.24) is 15.3 Å². The van der Waals surface area contributed by atoms with Crippen molar-refractivity contribution >= 4 is 0 Å². The molecule has 0 amide bonds. The van der Waals surface area contributed by atoms with E-state index in [2.05, 4.69) is 36.1 Å². The molecule has 0 bridgehead atoms. The minimum Gasteiger partial charge on any atom is -0.307 e. The molecular weight excluding hydrogens is 186 g/mol. The van der Waals surface area contributed by atoms with Gasteiger partial charge in [0.1, 0.15) is 5.82 Å². The van der Waals surface area contributed by atoms with Crippen LogP contribution in [0.25, 0.3) is 0 Å². The third-order valence-corrected chi connectivity index (χ3v) is 2.96. The van der Waals surface area contributed by atoms with Gasteiger partial charge in [0.2, 0.25) is 0 Å². The maximum atomic E-state index is 4.19. The van der Waals surface area contributed by atoms with Gasteiger partial charge in [-0.25, -0.2) is 9.97 Å². The van der Waals surface area contributed by atoms with Gasteiger partial charge in [-0.3, -0.25) is 0 Å². The zero-order chi connectivity index (χ0) is 11.1. The molecule has 1 N–H and O–H groups in total. The van der Waals surface area contributed by atoms with Crippen molar-refractivity contribution in [3.05, 3.63) is 24.3 Å². The van der Waals surface area contributed by atoms with Gasteiger partial charge in [-0.05, 0) is 18.9 Å². The van der Waals surface area contributed by atoms with Gasteiger partial charge < -0.3 is 5.32 Å². The lowest BCUT2D eigenvalue weighted by Crippen LogP contribution is -2.33. The van der Waals surface area contributed by atoms with Crippen molar-refractivity contribution in [3.8, 4) is 0 Å². The van der Waals surface area contributed by atoms with Crippen LogP contribution in [0.4, 0.5) is 0 Å². The lowest BCUT2D eigenvalue weighted by atomic mass is 9.95. The van der Waals surface area contributed by atoms with Crippen LogP contribution in [0.1, 0.15) is 39.4 Å². The van der Waals surface area contributed by atoms with E-state index in [1.54, 1.807) is 12.4 Å². The number of nitrogens with zero attached hydrogens (tertiary/aromatic N) is 2. The van der Waals surface area contributed by atoms with Crippen LogP contribution in [-0.2, 0) is 6.54 Å². The van der Waals surface area contributed by atoms with Gasteiger partial charge >= 0.3 is 0 Å². The molecule has 84 valence electrons. The van der Waals surface area contributed by atoms with Crippen LogP contribution < -0.4 is 5.32 Å². The van der Waals surface area contributed by atoms with E-state index in [1.165, 1.54) is 12.8 Å². The molecule has 15 heavy (non-hydrogen) atoms. The first-order valence-corrected chi connectivity index (χ1v) is 5.77. The quantitative estimate of drug-likeness (QED) is 0.778. The average molecular weight is 207 g/mol. The fraction of sp³-hybridized carbons (Fsp3) is 0.667. The molecule has 0 saturated heterocycles. The van der Waals surface area contributed by atoms with Crippen LogP contribution in [0.2, 0.25) is 0 Å². The highest BCUT2D eigenvalue weighted by Crippen LogP contribution is 2.12. The Morgan fingerprint density at radius 1 is 1.20 bits per heavy atom. The molecule has 0 saturated carbocycles. The maximum Gasteiger partial charge on any atom is 0.141 e. The van der Waals surface area contributed by atoms with E-state index in [1.807, 2.05) is 6.07 Å². The minimum absolute atomic E-state index is 0.531. The Balaban J connectivity index is 2.36. The standard InChI is InChI=1S/C12H21N3/c1-4-11(5-2)10(3)15-9-12-13-7-6-8-14-12/h6-8,10-11,15H,4-5,9H2,1-3H3. The van der Waals surface area contributed by atoms with E-state index in [4.69, 9.17) is 0 Å². The molecule has 1 rings (SSSR count). The average Bonchev–Trinajstić information content (AvgIpc) is 2.29. The zero-order valence-corrected chi connectivity index (χ0v) is 9.90. The molecule has 0 fully saturated rings. The second-order valence-corrected chi connectivity index (χ2v) is 3.91. The molecule has 0 aliphatic carbocycles. The summed E-state index contributed by atoms with van der Waals surface area (Å²) < 4.78 is 0. The summed E-state index contributed by atoms with van der Waals surface area (Å²) in [4.78, 5) is 8.38. The highest BCUT2D eigenvalue weighted by molar-refractivity contribution is 4.88. The summed E-state index contributed by atoms with van der Waals surface area (Å²) in [5, 5.41) is 3.48. The smallest absolute Gasteiger partial charge is 0.141 e. The van der Waals surface area contributed by atoms with Crippen LogP contribution in [0, 0.1) is 5.92 Å². The van der Waals surface area contributed by atoms with Gasteiger partial charge in [-0.15, -0.1) is 0 Å². The minimum atomic E-state index is 0.531. The van der Waals surface area contributed by atoms with E-state index >= 15 is 0 Å². The van der Waals surface area contributed by atoms with E-state index in [0.29, 0.717) is 6.04 Å². The Morgan fingerprint density at radius 2 is 1.80 bits per heavy atom. The van der Waals surface area contributed by atoms with Crippen molar-refractivity contribution in [1.29, 1.82) is 0 Å². The van der Waals surface area contributed by atoms with Crippen LogP contribution in [0.15, 0.2) is 18.5 Å². The molecule has 0 spiro atoms. The van der Waals surface area contributed by atoms with Crippen molar-refractivity contribution in [2.24, 2.45) is 5.92 Å². The molecule has 1 heterocycles. The Bertz CT molecular complexity index is 257. The van der Waals surface area contributed by atoms with Crippen molar-refractivity contribution < 1.29 is 0 Å². The second kappa shape index (κ2) is 6.51. The third kappa shape index (κ3) is 3.96. The summed E-state index contributed by atoms with van der Waals surface area (Å²) in [6.07, 6.45) is 6.01. The summed E-state index contributed by atoms with van der Waals surface area (Å²) in [7, 11) is 0. The summed E-state index contributed by atoms with van der Waals surface area (Å²) in [5.41, 5.74) is 0. The molecule has 0 radical (unpaired) electrons. The summed E-state index contributed by atoms with van der Waals surface area (Å²) in [6, 6.07) is 2.37. The van der Waals surface area contributed by atoms with Gasteiger partial charge in [0.15, 0.2) is 0 Å². The number of nitrogens with one attached hydrogen (secondary N) is 1. The lowest BCUT2D eigenvalue weighted by molar-refractivity contribution is 0.350. The van der Waals surface area contributed by atoms with Crippen LogP contribution >= 0.6 is 0 Å². The first-order chi connectivity index (χ1) is 7.27. The third-order valence-electron chi connectivity index (χ3n) is 2.96. The Labute approximate surface area is 92.3 Å². The predicted molar refractivity (Wildman–Crippen MR) is 62.4 cm³/mol. The molecular formula is C12H21N3. The SMILES string of the molecule is CCC(CC)C(C)NCc1ncccn1. The molecule has 3 heteroatoms. The molecule has 0 aliphatic rings. The van der Waals surface area contributed by atoms with E-state index < -0.39 is 0 Å². The van der Waals surface area contributed by atoms with Crippen molar-refractivity contribution in [2.75, 3.05) is 0 Å². The Morgan fingerprint density at radius 3 is 2.33 bits per heavy atom. The number of hydrogen-bond donors (Lipinski definition) is 1. The number of aromatic nitrogens is 2. The Hall–Kier alpha value is -0.960. The van der Waals surface area contributed by atoms with Crippen molar-refractivity contribution in [3.63, 3.8) is 0 Å². The van der Waals surface area contributed by atoms with Crippen LogP contribution in [0.5, 0.6) is 0 Å². The summed E-state index contributed by atoms with van der Waals surface area (Å²) in [6.45, 7) is 7.48. The zero-order valence-electron chi connectivity index (χ0n) is 9.90. The summed E-state index contributed by atoms with van der Waals surface area (Å²) in [5.74, 6) is 1.61. The number of rotatable bonds is 6. The normalized spacial score (nSPS) is 13.1. The lowest BCUT2D eigenvalue weighted by Gasteiger charge is -2.22. The molecule has 0 aliphatic heterocycles. The van der Waals surface area contributed by atoms with E-state index in [9.17, 15) is 0 Å². The van der Waals surface area contributed by atoms with Crippen LogP contribution in [0.3, 0.4) is 0 Å². The molecule has 1 aromatic rings. The molecule has 3 nitrogen and oxygen atoms in total. The topological polar surface area (TPSA) is 37.8 Å². The largest absolute Gasteiger partial charge is 0.307 e. The first-order valence-electron chi connectivity index (χ1n) is 5.77. The number of hydrogen-bond acceptors (Lipinski definition) is 3. The van der Waals surface area contributed by atoms with Crippen molar-refractivity contribution in [2.45, 2.75) is 46.2 Å². The fourth-order valence-electron chi connectivity index (χ4n) is 1.84. The summed E-state index contributed by atoms with van der Waals surface area (Å²) >= 11 is 0. The maximum absolute atomic E-state index is 4.19. The predicted octanol–water partition coefficient (Wildman–Crippen LogP) is 2.39. The Kier molecular flexibility index (Phi) is 5.26. The highest BCUT2D eigenvalue weighted by Gasteiger charge is 2.12. The van der Waals surface area contributed by atoms with Gasteiger partial charge in [-0.1, -0.05) is 26.7 Å². The highest BCUT2D eigenvalue weighted by atomic mass is 15.0. The monoisotopic (exact) mass is 207 g/mol. The van der Waals surface area contributed by atoms with Gasteiger partial charge in [0.05, 0.1) is 6.54 Å². The second-order valence-electron chi connectivity index (χ2n) is 3.91. The fourth-order valence-corrected chi connectivity index (χ4v) is 1.84. The molecule has 1 unspecified atom stereocenters. The van der Waals surface area contributed by atoms with E-state index in [-0.39, 0.29) is 0 Å². The molecule has 1 atom stereocenters. The van der Waals surface area contributed by atoms with Gasteiger partial charge in [0, 0.05) is 18.4 Å². The molecule has 0 aromatic carbocycles. The van der Waals surface area contributed by atoms with Gasteiger partial charge in [-0.2, -0.15) is 0 Å². The van der Waals surface area contributed by atoms with E-state index in [0.717, 1.165) is 18.3 Å². The molecule has 1 aromatic heterocycles. The van der Waals surface area contributed by atoms with Crippen LogP contribution in [-0.4, -0.2) is 16.0 Å². The van der Waals surface area contributed by atoms with Gasteiger partial charge in [0.25, 0.3) is 0 Å².